The zero-order valence-electron chi connectivity index (χ0n) is 24.6. The Balaban J connectivity index is 1.12. The van der Waals surface area contributed by atoms with Crippen LogP contribution in [-0.2, 0) is 6.42 Å². The fourth-order valence-corrected chi connectivity index (χ4v) is 8.22. The van der Waals surface area contributed by atoms with Crippen LogP contribution in [0.1, 0.15) is 91.0 Å². The maximum Gasteiger partial charge on any atom is 0.251 e. The normalized spacial score (nSPS) is 26.5. The predicted octanol–water partition coefficient (Wildman–Crippen LogP) is 7.07. The third-order valence-electron chi connectivity index (χ3n) is 10.5. The highest BCUT2D eigenvalue weighted by Crippen LogP contribution is 2.72. The number of amides is 1. The summed E-state index contributed by atoms with van der Waals surface area (Å²) in [4.78, 5) is 13.3. The topological polar surface area (TPSA) is 99.2 Å². The number of anilines is 1. The maximum atomic E-state index is 14.6. The molecule has 3 saturated carbocycles. The number of halogens is 1. The molecule has 6 heteroatoms. The second kappa shape index (κ2) is 11.3. The molecule has 0 saturated heterocycles. The Hall–Kier alpha value is -3.51. The van der Waals surface area contributed by atoms with E-state index in [9.17, 15) is 14.3 Å². The van der Waals surface area contributed by atoms with Crippen LogP contribution >= 0.6 is 0 Å². The smallest absolute Gasteiger partial charge is 0.251 e. The molecular weight excluding hydrogens is 525 g/mol. The number of nitrogen functional groups attached to an aromatic ring is 1. The Morgan fingerprint density at radius 2 is 1.83 bits per heavy atom. The molecule has 42 heavy (non-hydrogen) atoms. The lowest BCUT2D eigenvalue weighted by molar-refractivity contribution is -0.182. The molecular formula is C36H42FN3O2. The number of nitrogens with one attached hydrogen (secondary N) is 2. The molecule has 6 rings (SSSR count). The number of nitrogens with two attached hydrogens (primary N) is 1. The number of carbonyl (C=O) groups is 1. The fourth-order valence-electron chi connectivity index (χ4n) is 8.22. The van der Waals surface area contributed by atoms with Gasteiger partial charge in [0.05, 0.1) is 17.9 Å². The molecule has 5 N–H and O–H groups in total. The quantitative estimate of drug-likeness (QED) is 0.156. The molecule has 0 radical (unpaired) electrons. The van der Waals surface area contributed by atoms with Gasteiger partial charge in [-0.2, -0.15) is 0 Å². The van der Waals surface area contributed by atoms with Gasteiger partial charge in [0, 0.05) is 33.4 Å². The molecule has 6 atom stereocenters. The Labute approximate surface area is 248 Å². The summed E-state index contributed by atoms with van der Waals surface area (Å²) in [5, 5.41) is 22.3. The number of hydrogen-bond donors (Lipinski definition) is 4. The number of aliphatic hydroxyl groups excluding tert-OH is 1. The summed E-state index contributed by atoms with van der Waals surface area (Å²) in [7, 11) is 0. The van der Waals surface area contributed by atoms with E-state index in [1.165, 1.54) is 30.9 Å². The van der Waals surface area contributed by atoms with Crippen molar-refractivity contribution in [1.82, 2.24) is 5.32 Å². The summed E-state index contributed by atoms with van der Waals surface area (Å²) in [6.07, 6.45) is 7.45. The standard InChI is InChI=1S/C36H42FN3O2/c1-21(2)17-32(27-5-3-4-6-30(27)37)40-35(42)25-13-14-31(38)28(19-25)34(39)23-10-7-22(8-11-23)9-12-24-18-26-20-33(41)36(26)16-15-29(24)36/h3-8,10-11,13-14,19,21,24,26,29,32-33,39,41H,9,12,15-18,20,38H2,1-2H3,(H,40,42)/t24?,26?,29?,32-,33?,36?/m0/s1. The van der Waals surface area contributed by atoms with Gasteiger partial charge in [0.15, 0.2) is 0 Å². The molecule has 0 aromatic heterocycles. The first-order valence-corrected chi connectivity index (χ1v) is 15.5. The molecule has 3 aliphatic rings. The molecule has 5 nitrogen and oxygen atoms in total. The van der Waals surface area contributed by atoms with Crippen LogP contribution in [0, 0.1) is 40.3 Å². The van der Waals surface area contributed by atoms with E-state index in [4.69, 9.17) is 11.1 Å². The lowest BCUT2D eigenvalue weighted by Crippen LogP contribution is -2.59. The minimum absolute atomic E-state index is 0.0677. The molecule has 220 valence electrons. The molecule has 3 aromatic carbocycles. The van der Waals surface area contributed by atoms with E-state index in [1.54, 1.807) is 36.4 Å². The molecule has 3 aromatic rings. The zero-order valence-corrected chi connectivity index (χ0v) is 24.6. The van der Waals surface area contributed by atoms with E-state index >= 15 is 0 Å². The van der Waals surface area contributed by atoms with Crippen molar-refractivity contribution in [2.45, 2.75) is 70.9 Å². The van der Waals surface area contributed by atoms with E-state index in [-0.39, 0.29) is 34.9 Å². The van der Waals surface area contributed by atoms with Gasteiger partial charge in [-0.25, -0.2) is 4.39 Å². The summed E-state index contributed by atoms with van der Waals surface area (Å²) < 4.78 is 14.6. The third-order valence-corrected chi connectivity index (χ3v) is 10.5. The van der Waals surface area contributed by atoms with Crippen LogP contribution in [0.4, 0.5) is 10.1 Å². The van der Waals surface area contributed by atoms with Crippen molar-refractivity contribution in [2.75, 3.05) is 5.73 Å². The summed E-state index contributed by atoms with van der Waals surface area (Å²) in [5.74, 6) is 1.75. The molecule has 0 aliphatic heterocycles. The first kappa shape index (κ1) is 28.6. The summed E-state index contributed by atoms with van der Waals surface area (Å²) in [6, 6.07) is 19.2. The summed E-state index contributed by atoms with van der Waals surface area (Å²) >= 11 is 0. The van der Waals surface area contributed by atoms with E-state index in [1.807, 2.05) is 26.0 Å². The zero-order chi connectivity index (χ0) is 29.6. The molecule has 3 aliphatic carbocycles. The van der Waals surface area contributed by atoms with Gasteiger partial charge in [0.2, 0.25) is 0 Å². The van der Waals surface area contributed by atoms with Crippen LogP contribution in [0.15, 0.2) is 66.7 Å². The van der Waals surface area contributed by atoms with Gasteiger partial charge in [0.1, 0.15) is 5.82 Å². The Kier molecular flexibility index (Phi) is 7.69. The highest BCUT2D eigenvalue weighted by Gasteiger charge is 2.68. The second-order valence-corrected chi connectivity index (χ2v) is 13.3. The number of carbonyl (C=O) groups excluding carboxylic acids is 1. The first-order chi connectivity index (χ1) is 20.2. The van der Waals surface area contributed by atoms with Crippen LogP contribution < -0.4 is 11.1 Å². The minimum atomic E-state index is -0.467. The van der Waals surface area contributed by atoms with Crippen LogP contribution in [0.25, 0.3) is 0 Å². The van der Waals surface area contributed by atoms with Gasteiger partial charge in [0.25, 0.3) is 5.91 Å². The van der Waals surface area contributed by atoms with E-state index < -0.39 is 6.04 Å². The summed E-state index contributed by atoms with van der Waals surface area (Å²) in [5.41, 5.74) is 10.6. The average Bonchev–Trinajstić information content (AvgIpc) is 3.11. The maximum absolute atomic E-state index is 14.6. The van der Waals surface area contributed by atoms with Crippen molar-refractivity contribution in [2.24, 2.45) is 29.1 Å². The molecule has 5 unspecified atom stereocenters. The van der Waals surface area contributed by atoms with Gasteiger partial charge in [-0.3, -0.25) is 10.2 Å². The number of rotatable bonds is 10. The Morgan fingerprint density at radius 1 is 1.10 bits per heavy atom. The Morgan fingerprint density at radius 3 is 2.48 bits per heavy atom. The van der Waals surface area contributed by atoms with Gasteiger partial charge < -0.3 is 16.2 Å². The Bertz CT molecular complexity index is 1490. The van der Waals surface area contributed by atoms with Crippen LogP contribution in [0.3, 0.4) is 0 Å². The number of hydrogen-bond acceptors (Lipinski definition) is 4. The van der Waals surface area contributed by atoms with Crippen molar-refractivity contribution in [1.29, 1.82) is 5.41 Å². The molecule has 3 fully saturated rings. The van der Waals surface area contributed by atoms with Crippen molar-refractivity contribution >= 4 is 17.3 Å². The second-order valence-electron chi connectivity index (χ2n) is 13.3. The van der Waals surface area contributed by atoms with Crippen LogP contribution in [-0.4, -0.2) is 22.8 Å². The number of aryl methyl sites for hydroxylation is 1. The third kappa shape index (κ3) is 5.04. The highest BCUT2D eigenvalue weighted by atomic mass is 19.1. The van der Waals surface area contributed by atoms with Crippen molar-refractivity contribution in [3.63, 3.8) is 0 Å². The average molecular weight is 568 g/mol. The van der Waals surface area contributed by atoms with Gasteiger partial charge in [-0.1, -0.05) is 56.3 Å². The van der Waals surface area contributed by atoms with E-state index in [2.05, 4.69) is 17.4 Å². The number of aliphatic hydroxyl groups is 1. The van der Waals surface area contributed by atoms with Crippen LogP contribution in [0.5, 0.6) is 0 Å². The monoisotopic (exact) mass is 567 g/mol. The highest BCUT2D eigenvalue weighted by molar-refractivity contribution is 6.14. The van der Waals surface area contributed by atoms with Crippen molar-refractivity contribution < 1.29 is 14.3 Å². The lowest BCUT2D eigenvalue weighted by Gasteiger charge is -2.60. The summed E-state index contributed by atoms with van der Waals surface area (Å²) in [6.45, 7) is 4.08. The molecule has 0 heterocycles. The van der Waals surface area contributed by atoms with E-state index in [0.29, 0.717) is 40.6 Å². The van der Waals surface area contributed by atoms with Gasteiger partial charge in [-0.05, 0) is 98.4 Å². The molecule has 1 spiro atoms. The molecule has 0 bridgehead atoms. The minimum Gasteiger partial charge on any atom is -0.398 e. The van der Waals surface area contributed by atoms with Crippen molar-refractivity contribution in [3.8, 4) is 0 Å². The largest absolute Gasteiger partial charge is 0.398 e. The van der Waals surface area contributed by atoms with Gasteiger partial charge in [-0.15, -0.1) is 0 Å². The SMILES string of the molecule is CC(C)C[C@H](NC(=O)c1ccc(N)c(C(=N)c2ccc(CCC3CC4CC(O)C45CCC35)cc2)c1)c1ccccc1F. The van der Waals surface area contributed by atoms with Crippen LogP contribution in [0.2, 0.25) is 0 Å². The lowest BCUT2D eigenvalue weighted by atomic mass is 9.46. The van der Waals surface area contributed by atoms with E-state index in [0.717, 1.165) is 30.7 Å². The predicted molar refractivity (Wildman–Crippen MR) is 165 cm³/mol. The van der Waals surface area contributed by atoms with Gasteiger partial charge >= 0.3 is 0 Å². The first-order valence-electron chi connectivity index (χ1n) is 15.5. The van der Waals surface area contributed by atoms with Crippen molar-refractivity contribution in [3.05, 3.63) is 100 Å². The number of benzene rings is 3. The fraction of sp³-hybridized carbons (Fsp3) is 0.444. The molecule has 1 amide bonds.